The predicted molar refractivity (Wildman–Crippen MR) is 74.5 cm³/mol. The maximum Gasteiger partial charge on any atom is 0.279 e. The second-order valence-electron chi connectivity index (χ2n) is 4.66. The minimum atomic E-state index is 0.0103. The summed E-state index contributed by atoms with van der Waals surface area (Å²) >= 11 is 11.8. The lowest BCUT2D eigenvalue weighted by Crippen LogP contribution is -3.13. The lowest BCUT2D eigenvalue weighted by Gasteiger charge is -2.22. The molecule has 2 N–H and O–H groups in total. The Morgan fingerprint density at radius 1 is 1.22 bits per heavy atom. The topological polar surface area (TPSA) is 33.5 Å². The van der Waals surface area contributed by atoms with E-state index in [0.717, 1.165) is 13.1 Å². The largest absolute Gasteiger partial charge is 0.327 e. The van der Waals surface area contributed by atoms with E-state index in [-0.39, 0.29) is 5.91 Å². The first kappa shape index (κ1) is 13.7. The van der Waals surface area contributed by atoms with E-state index in [1.807, 2.05) is 0 Å². The van der Waals surface area contributed by atoms with Gasteiger partial charge in [0.2, 0.25) is 0 Å². The minimum absolute atomic E-state index is 0.0103. The van der Waals surface area contributed by atoms with E-state index in [1.54, 1.807) is 18.2 Å². The van der Waals surface area contributed by atoms with Crippen molar-refractivity contribution in [1.29, 1.82) is 0 Å². The number of carbonyl (C=O) groups excluding carboxylic acids is 1. The van der Waals surface area contributed by atoms with E-state index in [1.165, 1.54) is 24.2 Å². The van der Waals surface area contributed by atoms with Crippen molar-refractivity contribution >= 4 is 34.8 Å². The van der Waals surface area contributed by atoms with Crippen molar-refractivity contribution in [3.63, 3.8) is 0 Å². The van der Waals surface area contributed by atoms with Gasteiger partial charge in [0.25, 0.3) is 5.91 Å². The monoisotopic (exact) mass is 287 g/mol. The lowest BCUT2D eigenvalue weighted by atomic mass is 10.1. The van der Waals surface area contributed by atoms with Crippen molar-refractivity contribution in [2.45, 2.75) is 19.3 Å². The summed E-state index contributed by atoms with van der Waals surface area (Å²) in [6, 6.07) is 5.08. The highest BCUT2D eigenvalue weighted by Crippen LogP contribution is 2.25. The molecule has 0 atom stereocenters. The van der Waals surface area contributed by atoms with Gasteiger partial charge in [-0.05, 0) is 37.5 Å². The summed E-state index contributed by atoms with van der Waals surface area (Å²) in [5.74, 6) is 0.0103. The molecular formula is C13H17Cl2N2O+. The molecule has 0 unspecified atom stereocenters. The second-order valence-corrected chi connectivity index (χ2v) is 5.50. The van der Waals surface area contributed by atoms with Gasteiger partial charge in [0.15, 0.2) is 6.54 Å². The number of carbonyl (C=O) groups is 1. The van der Waals surface area contributed by atoms with Crippen LogP contribution in [0.25, 0.3) is 0 Å². The van der Waals surface area contributed by atoms with Gasteiger partial charge in [0.1, 0.15) is 0 Å². The van der Waals surface area contributed by atoms with Crippen LogP contribution in [0.4, 0.5) is 5.69 Å². The van der Waals surface area contributed by atoms with Crippen molar-refractivity contribution in [3.8, 4) is 0 Å². The molecule has 1 aliphatic heterocycles. The molecule has 1 heterocycles. The number of nitrogens with one attached hydrogen (secondary N) is 2. The third-order valence-electron chi connectivity index (χ3n) is 3.18. The van der Waals surface area contributed by atoms with Crippen molar-refractivity contribution in [3.05, 3.63) is 28.2 Å². The molecule has 98 valence electrons. The summed E-state index contributed by atoms with van der Waals surface area (Å²) in [7, 11) is 0. The Bertz CT molecular complexity index is 431. The first-order chi connectivity index (χ1) is 8.65. The van der Waals surface area contributed by atoms with Gasteiger partial charge in [-0.2, -0.15) is 0 Å². The Labute approximate surface area is 117 Å². The summed E-state index contributed by atoms with van der Waals surface area (Å²) in [6.07, 6.45) is 3.71. The molecule has 1 fully saturated rings. The smallest absolute Gasteiger partial charge is 0.279 e. The van der Waals surface area contributed by atoms with Gasteiger partial charge < -0.3 is 10.2 Å². The van der Waals surface area contributed by atoms with Crippen LogP contribution in [0.3, 0.4) is 0 Å². The number of benzene rings is 1. The number of rotatable bonds is 3. The number of hydrogen-bond acceptors (Lipinski definition) is 1. The Balaban J connectivity index is 1.90. The molecule has 5 heteroatoms. The van der Waals surface area contributed by atoms with Crippen LogP contribution in [0.5, 0.6) is 0 Å². The minimum Gasteiger partial charge on any atom is -0.327 e. The van der Waals surface area contributed by atoms with Gasteiger partial charge in [-0.25, -0.2) is 0 Å². The molecule has 2 rings (SSSR count). The zero-order valence-corrected chi connectivity index (χ0v) is 11.7. The molecule has 1 aromatic carbocycles. The van der Waals surface area contributed by atoms with Crippen LogP contribution in [0.15, 0.2) is 18.2 Å². The van der Waals surface area contributed by atoms with Crippen LogP contribution in [0.1, 0.15) is 19.3 Å². The molecule has 1 amide bonds. The third kappa shape index (κ3) is 3.87. The normalized spacial score (nSPS) is 16.6. The number of halogens is 2. The average Bonchev–Trinajstić information content (AvgIpc) is 2.34. The Morgan fingerprint density at radius 3 is 2.61 bits per heavy atom. The number of anilines is 1. The number of likely N-dealkylation sites (tertiary alicyclic amines) is 1. The fraction of sp³-hybridized carbons (Fsp3) is 0.462. The van der Waals surface area contributed by atoms with Gasteiger partial charge in [0.05, 0.1) is 23.8 Å². The van der Waals surface area contributed by atoms with Crippen molar-refractivity contribution < 1.29 is 9.69 Å². The molecule has 0 aliphatic carbocycles. The van der Waals surface area contributed by atoms with Crippen LogP contribution < -0.4 is 10.2 Å². The quantitative estimate of drug-likeness (QED) is 0.876. The second kappa shape index (κ2) is 6.41. The molecule has 1 saturated heterocycles. The van der Waals surface area contributed by atoms with E-state index in [4.69, 9.17) is 23.2 Å². The van der Waals surface area contributed by atoms with Crippen LogP contribution >= 0.6 is 23.2 Å². The summed E-state index contributed by atoms with van der Waals surface area (Å²) < 4.78 is 0. The highest BCUT2D eigenvalue weighted by Gasteiger charge is 2.17. The molecule has 0 aromatic heterocycles. The summed E-state index contributed by atoms with van der Waals surface area (Å²) in [5, 5.41) is 3.88. The number of piperidine rings is 1. The SMILES string of the molecule is O=C(C[NH+]1CCCCC1)Nc1ccc(Cl)cc1Cl. The van der Waals surface area contributed by atoms with E-state index in [9.17, 15) is 4.79 Å². The fourth-order valence-corrected chi connectivity index (χ4v) is 2.70. The standard InChI is InChI=1S/C13H16Cl2N2O/c14-10-4-5-12(11(15)8-10)16-13(18)9-17-6-2-1-3-7-17/h4-5,8H,1-3,6-7,9H2,(H,16,18)/p+1. The lowest BCUT2D eigenvalue weighted by molar-refractivity contribution is -0.896. The molecule has 0 bridgehead atoms. The third-order valence-corrected chi connectivity index (χ3v) is 3.72. The zero-order chi connectivity index (χ0) is 13.0. The molecule has 0 radical (unpaired) electrons. The molecule has 0 spiro atoms. The van der Waals surface area contributed by atoms with Crippen LogP contribution in [0, 0.1) is 0 Å². The molecule has 0 saturated carbocycles. The number of hydrogen-bond donors (Lipinski definition) is 2. The maximum atomic E-state index is 11.9. The van der Waals surface area contributed by atoms with E-state index in [2.05, 4.69) is 5.32 Å². The Kier molecular flexibility index (Phi) is 4.87. The Hall–Kier alpha value is -0.770. The van der Waals surface area contributed by atoms with Crippen LogP contribution in [-0.2, 0) is 4.79 Å². The van der Waals surface area contributed by atoms with E-state index in [0.29, 0.717) is 22.3 Å². The number of quaternary nitrogens is 1. The molecule has 1 aromatic rings. The van der Waals surface area contributed by atoms with Gasteiger partial charge in [0, 0.05) is 5.02 Å². The van der Waals surface area contributed by atoms with Gasteiger partial charge in [-0.15, -0.1) is 0 Å². The van der Waals surface area contributed by atoms with Crippen LogP contribution in [0.2, 0.25) is 10.0 Å². The molecule has 3 nitrogen and oxygen atoms in total. The van der Waals surface area contributed by atoms with Crippen molar-refractivity contribution in [2.24, 2.45) is 0 Å². The first-order valence-electron chi connectivity index (χ1n) is 6.23. The molecule has 18 heavy (non-hydrogen) atoms. The van der Waals surface area contributed by atoms with Gasteiger partial charge >= 0.3 is 0 Å². The fourth-order valence-electron chi connectivity index (χ4n) is 2.24. The van der Waals surface area contributed by atoms with E-state index >= 15 is 0 Å². The van der Waals surface area contributed by atoms with Crippen molar-refractivity contribution in [1.82, 2.24) is 0 Å². The van der Waals surface area contributed by atoms with E-state index < -0.39 is 0 Å². The van der Waals surface area contributed by atoms with Crippen LogP contribution in [-0.4, -0.2) is 25.5 Å². The zero-order valence-electron chi connectivity index (χ0n) is 10.1. The predicted octanol–water partition coefficient (Wildman–Crippen LogP) is 2.00. The van der Waals surface area contributed by atoms with Crippen molar-refractivity contribution in [2.75, 3.05) is 25.0 Å². The van der Waals surface area contributed by atoms with Gasteiger partial charge in [-0.3, -0.25) is 4.79 Å². The number of amides is 1. The Morgan fingerprint density at radius 2 is 1.94 bits per heavy atom. The first-order valence-corrected chi connectivity index (χ1v) is 6.99. The average molecular weight is 288 g/mol. The molecule has 1 aliphatic rings. The summed E-state index contributed by atoms with van der Waals surface area (Å²) in [4.78, 5) is 13.2. The highest BCUT2D eigenvalue weighted by atomic mass is 35.5. The maximum absolute atomic E-state index is 11.9. The van der Waals surface area contributed by atoms with Gasteiger partial charge in [-0.1, -0.05) is 23.2 Å². The summed E-state index contributed by atoms with van der Waals surface area (Å²) in [5.41, 5.74) is 0.627. The molecular weight excluding hydrogens is 271 g/mol. The highest BCUT2D eigenvalue weighted by molar-refractivity contribution is 6.36. The summed E-state index contributed by atoms with van der Waals surface area (Å²) in [6.45, 7) is 2.68.